The average Bonchev–Trinajstić information content (AvgIpc) is 2.94. The van der Waals surface area contributed by atoms with Gasteiger partial charge in [-0.05, 0) is 18.3 Å². The van der Waals surface area contributed by atoms with Crippen LogP contribution in [0.3, 0.4) is 0 Å². The maximum Gasteiger partial charge on any atom is 0.331 e. The van der Waals surface area contributed by atoms with Gasteiger partial charge in [-0.2, -0.15) is 0 Å². The number of esters is 2. The van der Waals surface area contributed by atoms with Gasteiger partial charge in [0.2, 0.25) is 6.79 Å². The Morgan fingerprint density at radius 1 is 1.13 bits per heavy atom. The Labute approximate surface area is 230 Å². The number of carbonyl (C=O) groups excluding carboxylic acids is 3. The minimum Gasteiger partial charge on any atom is -0.493 e. The second-order valence-electron chi connectivity index (χ2n) is 9.99. The van der Waals surface area contributed by atoms with E-state index >= 15 is 0 Å². The van der Waals surface area contributed by atoms with Gasteiger partial charge in [-0.3, -0.25) is 9.59 Å². The minimum atomic E-state index is -1.14. The van der Waals surface area contributed by atoms with Crippen LogP contribution in [0.15, 0.2) is 12.3 Å². The lowest BCUT2D eigenvalue weighted by molar-refractivity contribution is -0.173. The van der Waals surface area contributed by atoms with E-state index in [9.17, 15) is 14.4 Å². The molecule has 39 heavy (non-hydrogen) atoms. The van der Waals surface area contributed by atoms with Crippen molar-refractivity contribution in [1.82, 2.24) is 10.3 Å². The van der Waals surface area contributed by atoms with Crippen LogP contribution >= 0.6 is 0 Å². The van der Waals surface area contributed by atoms with E-state index in [0.29, 0.717) is 19.6 Å². The number of pyridine rings is 1. The van der Waals surface area contributed by atoms with Crippen molar-refractivity contribution in [3.63, 3.8) is 0 Å². The Balaban J connectivity index is 2.26. The van der Waals surface area contributed by atoms with Gasteiger partial charge in [-0.25, -0.2) is 9.78 Å². The Morgan fingerprint density at radius 3 is 2.44 bits per heavy atom. The summed E-state index contributed by atoms with van der Waals surface area (Å²) in [5.41, 5.74) is -0.169. The van der Waals surface area contributed by atoms with Gasteiger partial charge in [0.05, 0.1) is 20.3 Å². The first-order valence-corrected chi connectivity index (χ1v) is 13.2. The maximum absolute atomic E-state index is 13.2. The highest BCUT2D eigenvalue weighted by molar-refractivity contribution is 5.98. The van der Waals surface area contributed by atoms with E-state index in [-0.39, 0.29) is 42.2 Å². The zero-order chi connectivity index (χ0) is 28.9. The van der Waals surface area contributed by atoms with Crippen LogP contribution in [0.5, 0.6) is 11.5 Å². The number of ether oxygens (including phenoxy) is 7. The molecule has 12 nitrogen and oxygen atoms in total. The second kappa shape index (κ2) is 16.2. The second-order valence-corrected chi connectivity index (χ2v) is 9.99. The lowest BCUT2D eigenvalue weighted by atomic mass is 10.0. The van der Waals surface area contributed by atoms with E-state index in [1.165, 1.54) is 26.3 Å². The molecule has 2 rings (SSSR count). The fourth-order valence-electron chi connectivity index (χ4n) is 3.69. The van der Waals surface area contributed by atoms with Crippen LogP contribution in [0.2, 0.25) is 0 Å². The van der Waals surface area contributed by atoms with E-state index < -0.39 is 49.0 Å². The predicted molar refractivity (Wildman–Crippen MR) is 139 cm³/mol. The number of hydrogen-bond donors (Lipinski definition) is 1. The molecule has 4 atom stereocenters. The van der Waals surface area contributed by atoms with Crippen molar-refractivity contribution in [2.45, 2.75) is 72.3 Å². The molecule has 1 saturated heterocycles. The fraction of sp³-hybridized carbons (Fsp3) is 0.704. The molecule has 1 aliphatic rings. The Morgan fingerprint density at radius 2 is 1.82 bits per heavy atom. The smallest absolute Gasteiger partial charge is 0.331 e. The van der Waals surface area contributed by atoms with Crippen LogP contribution in [0.4, 0.5) is 0 Å². The topological polar surface area (TPSA) is 141 Å². The largest absolute Gasteiger partial charge is 0.493 e. The highest BCUT2D eigenvalue weighted by Gasteiger charge is 2.38. The third-order valence-corrected chi connectivity index (χ3v) is 5.59. The van der Waals surface area contributed by atoms with Crippen LogP contribution in [0.1, 0.15) is 58.5 Å². The summed E-state index contributed by atoms with van der Waals surface area (Å²) in [5.74, 6) is -1.29. The minimum absolute atomic E-state index is 0.0492. The number of carbonyl (C=O) groups is 3. The zero-order valence-electron chi connectivity index (χ0n) is 23.9. The molecule has 0 aromatic carbocycles. The first-order chi connectivity index (χ1) is 18.6. The summed E-state index contributed by atoms with van der Waals surface area (Å²) in [7, 11) is 1.39. The number of nitrogens with zero attached hydrogens (tertiary/aromatic N) is 1. The average molecular weight is 555 g/mol. The van der Waals surface area contributed by atoms with Gasteiger partial charge in [0.25, 0.3) is 5.91 Å². The van der Waals surface area contributed by atoms with Crippen LogP contribution < -0.4 is 14.8 Å². The summed E-state index contributed by atoms with van der Waals surface area (Å²) in [6, 6.07) is 0.341. The molecular weight excluding hydrogens is 512 g/mol. The fourth-order valence-corrected chi connectivity index (χ4v) is 3.69. The summed E-state index contributed by atoms with van der Waals surface area (Å²) in [6.45, 7) is 11.7. The molecule has 2 heterocycles. The lowest BCUT2D eigenvalue weighted by Gasteiger charge is -2.33. The standard InChI is InChI=1S/C27H42N2O10/c1-8-20-24(36-12-17(4)5)22(35-11-16(2)3)14-34-13-19(27(32)39-20)29-26(31)23-25(38-15-37-18(6)30)21(33-7)9-10-28-23/h9-10,16-17,19-20,22,24H,8,11-15H2,1-7H3,(H,29,31)/t19-,20-,22-,24-/m0/s1. The number of aromatic nitrogens is 1. The van der Waals surface area contributed by atoms with E-state index in [1.54, 1.807) is 0 Å². The molecule has 0 aliphatic carbocycles. The molecule has 1 amide bonds. The highest BCUT2D eigenvalue weighted by atomic mass is 16.7. The Hall–Kier alpha value is -2.96. The Bertz CT molecular complexity index is 939. The molecule has 220 valence electrons. The molecule has 1 aliphatic heterocycles. The number of amides is 1. The molecule has 12 heteroatoms. The summed E-state index contributed by atoms with van der Waals surface area (Å²) in [5, 5.41) is 2.62. The normalized spacial score (nSPS) is 21.9. The molecule has 0 radical (unpaired) electrons. The van der Waals surface area contributed by atoms with Crippen molar-refractivity contribution in [2.24, 2.45) is 11.8 Å². The molecule has 0 spiro atoms. The van der Waals surface area contributed by atoms with Crippen molar-refractivity contribution < 1.29 is 47.5 Å². The quantitative estimate of drug-likeness (QED) is 0.284. The van der Waals surface area contributed by atoms with Gasteiger partial charge >= 0.3 is 11.9 Å². The van der Waals surface area contributed by atoms with E-state index in [2.05, 4.69) is 10.3 Å². The molecule has 1 aromatic heterocycles. The van der Waals surface area contributed by atoms with Crippen LogP contribution in [0.25, 0.3) is 0 Å². The Kier molecular flexibility index (Phi) is 13.4. The number of rotatable bonds is 13. The summed E-state index contributed by atoms with van der Waals surface area (Å²) in [6.07, 6.45) is 0.190. The van der Waals surface area contributed by atoms with Gasteiger partial charge in [0, 0.05) is 32.4 Å². The first-order valence-electron chi connectivity index (χ1n) is 13.2. The number of cyclic esters (lactones) is 1. The summed E-state index contributed by atoms with van der Waals surface area (Å²) < 4.78 is 39.5. The molecule has 1 fully saturated rings. The van der Waals surface area contributed by atoms with Crippen LogP contribution in [0, 0.1) is 11.8 Å². The lowest BCUT2D eigenvalue weighted by Crippen LogP contribution is -2.48. The van der Waals surface area contributed by atoms with Crippen LogP contribution in [-0.2, 0) is 33.3 Å². The third-order valence-electron chi connectivity index (χ3n) is 5.59. The number of nitrogens with one attached hydrogen (secondary N) is 1. The monoisotopic (exact) mass is 554 g/mol. The van der Waals surface area contributed by atoms with Gasteiger partial charge < -0.3 is 38.5 Å². The van der Waals surface area contributed by atoms with E-state index in [4.69, 9.17) is 33.2 Å². The SMILES string of the molecule is CC[C@@H]1OC(=O)[C@@H](NC(=O)c2nccc(OC)c2OCOC(C)=O)COC[C@H](OCC(C)C)[C@H]1OCC(C)C. The summed E-state index contributed by atoms with van der Waals surface area (Å²) in [4.78, 5) is 41.7. The highest BCUT2D eigenvalue weighted by Crippen LogP contribution is 2.30. The number of methoxy groups -OCH3 is 1. The van der Waals surface area contributed by atoms with Crippen molar-refractivity contribution in [2.75, 3.05) is 40.3 Å². The molecule has 0 unspecified atom stereocenters. The molecule has 0 saturated carbocycles. The first kappa shape index (κ1) is 32.3. The van der Waals surface area contributed by atoms with Gasteiger partial charge in [0.15, 0.2) is 23.2 Å². The van der Waals surface area contributed by atoms with Crippen molar-refractivity contribution in [3.05, 3.63) is 18.0 Å². The molecular formula is C27H42N2O10. The molecule has 1 aromatic rings. The van der Waals surface area contributed by atoms with Gasteiger partial charge in [-0.1, -0.05) is 34.6 Å². The van der Waals surface area contributed by atoms with Crippen molar-refractivity contribution >= 4 is 17.8 Å². The third kappa shape index (κ3) is 10.3. The predicted octanol–water partition coefficient (Wildman–Crippen LogP) is 2.52. The van der Waals surface area contributed by atoms with Crippen molar-refractivity contribution in [1.29, 1.82) is 0 Å². The van der Waals surface area contributed by atoms with Crippen molar-refractivity contribution in [3.8, 4) is 11.5 Å². The van der Waals surface area contributed by atoms with Gasteiger partial charge in [0.1, 0.15) is 18.3 Å². The summed E-state index contributed by atoms with van der Waals surface area (Å²) >= 11 is 0. The van der Waals surface area contributed by atoms with E-state index in [1.807, 2.05) is 34.6 Å². The number of hydrogen-bond acceptors (Lipinski definition) is 11. The molecule has 1 N–H and O–H groups in total. The zero-order valence-corrected chi connectivity index (χ0v) is 23.9. The van der Waals surface area contributed by atoms with Crippen LogP contribution in [-0.4, -0.2) is 87.5 Å². The van der Waals surface area contributed by atoms with Gasteiger partial charge in [-0.15, -0.1) is 0 Å². The van der Waals surface area contributed by atoms with E-state index in [0.717, 1.165) is 0 Å². The molecule has 0 bridgehead atoms. The maximum atomic E-state index is 13.2.